The van der Waals surface area contributed by atoms with Gasteiger partial charge in [-0.25, -0.2) is 4.79 Å². The number of rotatable bonds is 4. The average Bonchev–Trinajstić information content (AvgIpc) is 3.13. The zero-order valence-corrected chi connectivity index (χ0v) is 17.9. The van der Waals surface area contributed by atoms with Crippen LogP contribution >= 0.6 is 12.4 Å². The van der Waals surface area contributed by atoms with Gasteiger partial charge < -0.3 is 20.9 Å². The lowest BCUT2D eigenvalue weighted by molar-refractivity contribution is 0.0787. The van der Waals surface area contributed by atoms with Gasteiger partial charge >= 0.3 is 6.03 Å². The molecule has 1 saturated heterocycles. The normalized spacial score (nSPS) is 18.1. The molecule has 2 aromatic carbocycles. The Hall–Kier alpha value is -2.57. The van der Waals surface area contributed by atoms with E-state index >= 15 is 0 Å². The number of anilines is 1. The molecular formula is C22H29ClN4O2. The van der Waals surface area contributed by atoms with Gasteiger partial charge in [0.25, 0.3) is 5.91 Å². The van der Waals surface area contributed by atoms with Crippen molar-refractivity contribution in [3.8, 4) is 0 Å². The first kappa shape index (κ1) is 22.7. The van der Waals surface area contributed by atoms with Gasteiger partial charge in [0.15, 0.2) is 0 Å². The number of urea groups is 1. The van der Waals surface area contributed by atoms with E-state index in [0.29, 0.717) is 30.9 Å². The number of amides is 3. The topological polar surface area (TPSA) is 78.7 Å². The number of carbonyl (C=O) groups is 2. The Kier molecular flexibility index (Phi) is 7.65. The van der Waals surface area contributed by atoms with Crippen molar-refractivity contribution in [3.63, 3.8) is 0 Å². The minimum atomic E-state index is -0.263. The first-order valence-corrected chi connectivity index (χ1v) is 9.54. The largest absolute Gasteiger partial charge is 0.338 e. The number of nitrogens with two attached hydrogens (primary N) is 1. The Morgan fingerprint density at radius 1 is 1.14 bits per heavy atom. The number of benzene rings is 2. The molecular weight excluding hydrogens is 388 g/mol. The molecule has 2 atom stereocenters. The summed E-state index contributed by atoms with van der Waals surface area (Å²) < 4.78 is 0. The Balaban J connectivity index is 0.00000300. The lowest BCUT2D eigenvalue weighted by Crippen LogP contribution is -2.32. The van der Waals surface area contributed by atoms with Crippen LogP contribution < -0.4 is 11.1 Å². The van der Waals surface area contributed by atoms with Crippen molar-refractivity contribution in [1.29, 1.82) is 0 Å². The van der Waals surface area contributed by atoms with E-state index in [9.17, 15) is 9.59 Å². The quantitative estimate of drug-likeness (QED) is 0.802. The number of nitrogens with zero attached hydrogens (tertiary/aromatic N) is 2. The Morgan fingerprint density at radius 2 is 1.83 bits per heavy atom. The molecule has 1 aliphatic rings. The third-order valence-electron chi connectivity index (χ3n) is 5.31. The van der Waals surface area contributed by atoms with Crippen LogP contribution in [-0.2, 0) is 0 Å². The molecule has 1 heterocycles. The van der Waals surface area contributed by atoms with Crippen LogP contribution in [0.5, 0.6) is 0 Å². The third-order valence-corrected chi connectivity index (χ3v) is 5.31. The molecule has 29 heavy (non-hydrogen) atoms. The summed E-state index contributed by atoms with van der Waals surface area (Å²) in [7, 11) is 3.34. The van der Waals surface area contributed by atoms with Crippen molar-refractivity contribution in [3.05, 3.63) is 65.2 Å². The number of halogens is 1. The summed E-state index contributed by atoms with van der Waals surface area (Å²) in [4.78, 5) is 28.7. The number of hydrogen-bond acceptors (Lipinski definition) is 3. The highest BCUT2D eigenvalue weighted by Crippen LogP contribution is 2.33. The van der Waals surface area contributed by atoms with Crippen LogP contribution in [0, 0.1) is 12.8 Å². The van der Waals surface area contributed by atoms with Crippen LogP contribution in [0.15, 0.2) is 48.5 Å². The molecule has 2 aromatic rings. The van der Waals surface area contributed by atoms with Gasteiger partial charge in [0.05, 0.1) is 11.3 Å². The summed E-state index contributed by atoms with van der Waals surface area (Å²) in [6.45, 7) is 3.71. The van der Waals surface area contributed by atoms with Crippen LogP contribution in [-0.4, -0.2) is 55.5 Å². The zero-order valence-electron chi connectivity index (χ0n) is 17.1. The second-order valence-corrected chi connectivity index (χ2v) is 7.60. The van der Waals surface area contributed by atoms with E-state index in [0.717, 1.165) is 5.56 Å². The number of nitrogens with one attached hydrogen (secondary N) is 1. The van der Waals surface area contributed by atoms with Crippen LogP contribution in [0.3, 0.4) is 0 Å². The number of hydrogen-bond donors (Lipinski definition) is 2. The first-order valence-electron chi connectivity index (χ1n) is 9.54. The highest BCUT2D eigenvalue weighted by atomic mass is 35.5. The van der Waals surface area contributed by atoms with E-state index in [2.05, 4.69) is 17.4 Å². The van der Waals surface area contributed by atoms with Gasteiger partial charge in [-0.1, -0.05) is 42.0 Å². The fraction of sp³-hybridized carbons (Fsp3) is 0.364. The lowest BCUT2D eigenvalue weighted by Gasteiger charge is -2.20. The molecule has 7 heteroatoms. The molecule has 1 fully saturated rings. The summed E-state index contributed by atoms with van der Waals surface area (Å²) in [5, 5.41) is 2.82. The standard InChI is InChI=1S/C22H28N4O2.ClH/c1-15-9-10-20(24-22(28)25(2)3)18(11-15)21(27)26-13-17(12-23)19(14-26)16-7-5-4-6-8-16;/h4-11,17,19H,12-14,23H2,1-3H3,(H,24,28);1H/t17-,19+;/m1./s1. The van der Waals surface area contributed by atoms with Gasteiger partial charge in [-0.2, -0.15) is 0 Å². The summed E-state index contributed by atoms with van der Waals surface area (Å²) >= 11 is 0. The molecule has 0 unspecified atom stereocenters. The number of likely N-dealkylation sites (tertiary alicyclic amines) is 1. The molecule has 0 spiro atoms. The van der Waals surface area contributed by atoms with Gasteiger partial charge in [0.1, 0.15) is 0 Å². The SMILES string of the molecule is Cc1ccc(NC(=O)N(C)C)c(C(=O)N2C[C@@H](CN)[C@H](c3ccccc3)C2)c1.Cl. The van der Waals surface area contributed by atoms with E-state index in [4.69, 9.17) is 5.73 Å². The maximum atomic E-state index is 13.3. The number of aryl methyl sites for hydroxylation is 1. The van der Waals surface area contributed by atoms with Gasteiger partial charge in [0.2, 0.25) is 0 Å². The molecule has 1 aliphatic heterocycles. The molecule has 3 rings (SSSR count). The lowest BCUT2D eigenvalue weighted by atomic mass is 9.89. The first-order chi connectivity index (χ1) is 13.4. The molecule has 0 bridgehead atoms. The van der Waals surface area contributed by atoms with E-state index < -0.39 is 0 Å². The van der Waals surface area contributed by atoms with Crippen molar-refractivity contribution in [2.45, 2.75) is 12.8 Å². The molecule has 0 radical (unpaired) electrons. The fourth-order valence-corrected chi connectivity index (χ4v) is 3.70. The van der Waals surface area contributed by atoms with E-state index in [-0.39, 0.29) is 36.2 Å². The fourth-order valence-electron chi connectivity index (χ4n) is 3.70. The highest BCUT2D eigenvalue weighted by Gasteiger charge is 2.36. The van der Waals surface area contributed by atoms with E-state index in [1.165, 1.54) is 10.5 Å². The third kappa shape index (κ3) is 5.08. The van der Waals surface area contributed by atoms with Gasteiger partial charge in [-0.3, -0.25) is 4.79 Å². The summed E-state index contributed by atoms with van der Waals surface area (Å²) in [5.41, 5.74) is 9.24. The summed E-state index contributed by atoms with van der Waals surface area (Å²) in [5.74, 6) is 0.366. The maximum Gasteiger partial charge on any atom is 0.321 e. The molecule has 3 N–H and O–H groups in total. The molecule has 0 aliphatic carbocycles. The van der Waals surface area contributed by atoms with E-state index in [1.807, 2.05) is 42.2 Å². The van der Waals surface area contributed by atoms with Crippen molar-refractivity contribution >= 4 is 30.0 Å². The molecule has 156 valence electrons. The second kappa shape index (κ2) is 9.76. The highest BCUT2D eigenvalue weighted by molar-refractivity contribution is 6.03. The van der Waals surface area contributed by atoms with Crippen LogP contribution in [0.2, 0.25) is 0 Å². The van der Waals surface area contributed by atoms with Crippen molar-refractivity contribution < 1.29 is 9.59 Å². The average molecular weight is 417 g/mol. The number of carbonyl (C=O) groups excluding carboxylic acids is 2. The summed E-state index contributed by atoms with van der Waals surface area (Å²) in [6, 6.07) is 15.5. The minimum Gasteiger partial charge on any atom is -0.338 e. The Morgan fingerprint density at radius 3 is 2.45 bits per heavy atom. The van der Waals surface area contributed by atoms with Crippen molar-refractivity contribution in [2.75, 3.05) is 39.0 Å². The summed E-state index contributed by atoms with van der Waals surface area (Å²) in [6.07, 6.45) is 0. The minimum absolute atomic E-state index is 0. The Bertz CT molecular complexity index is 857. The maximum absolute atomic E-state index is 13.3. The van der Waals surface area contributed by atoms with Gasteiger partial charge in [0, 0.05) is 33.1 Å². The molecule has 0 aromatic heterocycles. The van der Waals surface area contributed by atoms with Crippen molar-refractivity contribution in [2.24, 2.45) is 11.7 Å². The van der Waals surface area contributed by atoms with Gasteiger partial charge in [-0.05, 0) is 37.1 Å². The van der Waals surface area contributed by atoms with Crippen LogP contribution in [0.25, 0.3) is 0 Å². The Labute approximate surface area is 178 Å². The van der Waals surface area contributed by atoms with E-state index in [1.54, 1.807) is 20.2 Å². The molecule has 6 nitrogen and oxygen atoms in total. The predicted octanol–water partition coefficient (Wildman–Crippen LogP) is 3.32. The van der Waals surface area contributed by atoms with Crippen molar-refractivity contribution in [1.82, 2.24) is 9.80 Å². The van der Waals surface area contributed by atoms with Gasteiger partial charge in [-0.15, -0.1) is 12.4 Å². The monoisotopic (exact) mass is 416 g/mol. The van der Waals surface area contributed by atoms with Crippen LogP contribution in [0.4, 0.5) is 10.5 Å². The second-order valence-electron chi connectivity index (χ2n) is 7.60. The molecule has 0 saturated carbocycles. The predicted molar refractivity (Wildman–Crippen MR) is 119 cm³/mol. The zero-order chi connectivity index (χ0) is 20.3. The van der Waals surface area contributed by atoms with Crippen LogP contribution in [0.1, 0.15) is 27.4 Å². The molecule has 3 amide bonds. The smallest absolute Gasteiger partial charge is 0.321 e.